The summed E-state index contributed by atoms with van der Waals surface area (Å²) in [6.07, 6.45) is 1.59. The van der Waals surface area contributed by atoms with E-state index in [1.807, 2.05) is 22.8 Å². The van der Waals surface area contributed by atoms with Crippen LogP contribution in [0.15, 0.2) is 81.0 Å². The number of furan rings is 1. The SMILES string of the molecule is Fc1ccc(-n2c(SCc3ccc(Br)cc3)nnc2-c2ccco2)cc1. The minimum absolute atomic E-state index is 0.287. The Labute approximate surface area is 162 Å². The summed E-state index contributed by atoms with van der Waals surface area (Å²) in [5, 5.41) is 9.31. The zero-order valence-electron chi connectivity index (χ0n) is 13.5. The van der Waals surface area contributed by atoms with Crippen LogP contribution in [0.1, 0.15) is 5.56 Å². The van der Waals surface area contributed by atoms with Crippen LogP contribution >= 0.6 is 27.7 Å². The highest BCUT2D eigenvalue weighted by molar-refractivity contribution is 9.10. The minimum Gasteiger partial charge on any atom is -0.461 e. The molecule has 4 rings (SSSR count). The third-order valence-electron chi connectivity index (χ3n) is 3.74. The van der Waals surface area contributed by atoms with Gasteiger partial charge in [0.2, 0.25) is 5.82 Å². The zero-order valence-corrected chi connectivity index (χ0v) is 15.9. The van der Waals surface area contributed by atoms with Crippen LogP contribution in [0.25, 0.3) is 17.3 Å². The topological polar surface area (TPSA) is 43.9 Å². The second-order valence-corrected chi connectivity index (χ2v) is 7.37. The second kappa shape index (κ2) is 7.47. The molecule has 2 heterocycles. The molecule has 0 unspecified atom stereocenters. The van der Waals surface area contributed by atoms with Crippen molar-refractivity contribution < 1.29 is 8.81 Å². The molecular formula is C19H13BrFN3OS. The lowest BCUT2D eigenvalue weighted by Gasteiger charge is -2.09. The maximum atomic E-state index is 13.3. The quantitative estimate of drug-likeness (QED) is 0.380. The third-order valence-corrected chi connectivity index (χ3v) is 5.27. The van der Waals surface area contributed by atoms with Crippen molar-refractivity contribution in [1.29, 1.82) is 0 Å². The fourth-order valence-corrected chi connectivity index (χ4v) is 3.65. The first kappa shape index (κ1) is 17.1. The summed E-state index contributed by atoms with van der Waals surface area (Å²) in [4.78, 5) is 0. The monoisotopic (exact) mass is 429 g/mol. The maximum absolute atomic E-state index is 13.3. The Morgan fingerprint density at radius 2 is 1.77 bits per heavy atom. The summed E-state index contributed by atoms with van der Waals surface area (Å²) in [7, 11) is 0. The van der Waals surface area contributed by atoms with Gasteiger partial charge in [0.15, 0.2) is 10.9 Å². The third kappa shape index (κ3) is 3.59. The van der Waals surface area contributed by atoms with Crippen molar-refractivity contribution in [3.05, 3.63) is 82.8 Å². The lowest BCUT2D eigenvalue weighted by atomic mass is 10.2. The fraction of sp³-hybridized carbons (Fsp3) is 0.0526. The van der Waals surface area contributed by atoms with E-state index in [1.54, 1.807) is 36.2 Å². The van der Waals surface area contributed by atoms with Crippen molar-refractivity contribution in [3.8, 4) is 17.3 Å². The predicted octanol–water partition coefficient (Wildman–Crippen LogP) is 5.72. The van der Waals surface area contributed by atoms with E-state index in [4.69, 9.17) is 4.42 Å². The van der Waals surface area contributed by atoms with E-state index < -0.39 is 0 Å². The molecule has 2 aromatic heterocycles. The number of hydrogen-bond donors (Lipinski definition) is 0. The van der Waals surface area contributed by atoms with E-state index in [0.717, 1.165) is 15.9 Å². The number of hydrogen-bond acceptors (Lipinski definition) is 4. The molecule has 4 aromatic rings. The first-order valence-electron chi connectivity index (χ1n) is 7.83. The zero-order chi connectivity index (χ0) is 17.9. The van der Waals surface area contributed by atoms with E-state index >= 15 is 0 Å². The summed E-state index contributed by atoms with van der Waals surface area (Å²) in [5.74, 6) is 1.65. The average Bonchev–Trinajstić information content (AvgIpc) is 3.31. The molecule has 4 nitrogen and oxygen atoms in total. The second-order valence-electron chi connectivity index (χ2n) is 5.51. The highest BCUT2D eigenvalue weighted by Crippen LogP contribution is 2.30. The molecule has 0 atom stereocenters. The van der Waals surface area contributed by atoms with Gasteiger partial charge in [-0.05, 0) is 54.1 Å². The largest absolute Gasteiger partial charge is 0.461 e. The molecule has 0 saturated heterocycles. The Balaban J connectivity index is 1.70. The molecule has 0 amide bonds. The lowest BCUT2D eigenvalue weighted by molar-refractivity contribution is 0.575. The lowest BCUT2D eigenvalue weighted by Crippen LogP contribution is -1.99. The molecule has 0 spiro atoms. The van der Waals surface area contributed by atoms with Crippen LogP contribution in [0.2, 0.25) is 0 Å². The Morgan fingerprint density at radius 3 is 2.46 bits per heavy atom. The summed E-state index contributed by atoms with van der Waals surface area (Å²) in [5.41, 5.74) is 1.95. The van der Waals surface area contributed by atoms with E-state index in [9.17, 15) is 4.39 Å². The summed E-state index contributed by atoms with van der Waals surface area (Å²) < 4.78 is 21.7. The molecule has 0 aliphatic heterocycles. The first-order valence-corrected chi connectivity index (χ1v) is 9.61. The summed E-state index contributed by atoms with van der Waals surface area (Å²) >= 11 is 5.00. The molecule has 0 aliphatic carbocycles. The van der Waals surface area contributed by atoms with Crippen LogP contribution in [0, 0.1) is 5.82 Å². The van der Waals surface area contributed by atoms with Gasteiger partial charge in [-0.1, -0.05) is 39.8 Å². The number of thioether (sulfide) groups is 1. The molecular weight excluding hydrogens is 417 g/mol. The van der Waals surface area contributed by atoms with Gasteiger partial charge in [-0.15, -0.1) is 10.2 Å². The average molecular weight is 430 g/mol. The molecule has 0 N–H and O–H groups in total. The van der Waals surface area contributed by atoms with Crippen LogP contribution in [0.5, 0.6) is 0 Å². The maximum Gasteiger partial charge on any atom is 0.205 e. The Bertz CT molecular complexity index is 998. The van der Waals surface area contributed by atoms with Crippen molar-refractivity contribution in [1.82, 2.24) is 14.8 Å². The van der Waals surface area contributed by atoms with Gasteiger partial charge in [0.25, 0.3) is 0 Å². The van der Waals surface area contributed by atoms with Gasteiger partial charge in [0, 0.05) is 10.2 Å². The first-order chi connectivity index (χ1) is 12.7. The molecule has 2 aromatic carbocycles. The number of nitrogens with zero attached hydrogens (tertiary/aromatic N) is 3. The Kier molecular flexibility index (Phi) is 4.90. The van der Waals surface area contributed by atoms with Crippen molar-refractivity contribution in [2.45, 2.75) is 10.9 Å². The van der Waals surface area contributed by atoms with E-state index in [2.05, 4.69) is 38.3 Å². The molecule has 0 bridgehead atoms. The van der Waals surface area contributed by atoms with Gasteiger partial charge in [0.05, 0.1) is 12.0 Å². The van der Waals surface area contributed by atoms with E-state index in [-0.39, 0.29) is 5.82 Å². The molecule has 0 radical (unpaired) electrons. The summed E-state index contributed by atoms with van der Waals surface area (Å²) in [6, 6.07) is 18.0. The fourth-order valence-electron chi connectivity index (χ4n) is 2.48. The molecule has 130 valence electrons. The van der Waals surface area contributed by atoms with Crippen LogP contribution in [0.4, 0.5) is 4.39 Å². The molecule has 0 aliphatic rings. The van der Waals surface area contributed by atoms with Gasteiger partial charge >= 0.3 is 0 Å². The molecule has 0 fully saturated rings. The number of rotatable bonds is 5. The van der Waals surface area contributed by atoms with Gasteiger partial charge in [0.1, 0.15) is 5.82 Å². The highest BCUT2D eigenvalue weighted by atomic mass is 79.9. The number of halogens is 2. The van der Waals surface area contributed by atoms with Crippen LogP contribution in [-0.4, -0.2) is 14.8 Å². The van der Waals surface area contributed by atoms with Gasteiger partial charge < -0.3 is 4.42 Å². The molecule has 0 saturated carbocycles. The smallest absolute Gasteiger partial charge is 0.205 e. The van der Waals surface area contributed by atoms with E-state index in [1.165, 1.54) is 17.7 Å². The number of aromatic nitrogens is 3. The number of benzene rings is 2. The van der Waals surface area contributed by atoms with Crippen molar-refractivity contribution in [2.24, 2.45) is 0 Å². The van der Waals surface area contributed by atoms with Gasteiger partial charge in [-0.25, -0.2) is 4.39 Å². The Hall–Kier alpha value is -2.38. The van der Waals surface area contributed by atoms with Crippen molar-refractivity contribution in [2.75, 3.05) is 0 Å². The minimum atomic E-state index is -0.287. The van der Waals surface area contributed by atoms with Crippen molar-refractivity contribution in [3.63, 3.8) is 0 Å². The van der Waals surface area contributed by atoms with E-state index in [0.29, 0.717) is 16.7 Å². The molecule has 26 heavy (non-hydrogen) atoms. The van der Waals surface area contributed by atoms with Gasteiger partial charge in [-0.2, -0.15) is 0 Å². The standard InChI is InChI=1S/C19H13BrFN3OS/c20-14-5-3-13(4-6-14)12-26-19-23-22-18(17-2-1-11-25-17)24(19)16-9-7-15(21)8-10-16/h1-11H,12H2. The van der Waals surface area contributed by atoms with Crippen molar-refractivity contribution >= 4 is 27.7 Å². The molecule has 7 heteroatoms. The van der Waals surface area contributed by atoms with Gasteiger partial charge in [-0.3, -0.25) is 4.57 Å². The highest BCUT2D eigenvalue weighted by Gasteiger charge is 2.18. The summed E-state index contributed by atoms with van der Waals surface area (Å²) in [6.45, 7) is 0. The van der Waals surface area contributed by atoms with Crippen LogP contribution in [-0.2, 0) is 5.75 Å². The van der Waals surface area contributed by atoms with Crippen LogP contribution in [0.3, 0.4) is 0 Å². The predicted molar refractivity (Wildman–Crippen MR) is 103 cm³/mol. The normalized spacial score (nSPS) is 11.0. The van der Waals surface area contributed by atoms with Crippen LogP contribution < -0.4 is 0 Å². The Morgan fingerprint density at radius 1 is 1.00 bits per heavy atom.